The van der Waals surface area contributed by atoms with Crippen LogP contribution in [0, 0.1) is 5.41 Å². The molecule has 1 spiro atoms. The van der Waals surface area contributed by atoms with Crippen LogP contribution in [-0.4, -0.2) is 47.8 Å². The van der Waals surface area contributed by atoms with Gasteiger partial charge in [0.2, 0.25) is 5.91 Å². The van der Waals surface area contributed by atoms with Crippen LogP contribution < -0.4 is 0 Å². The number of carbonyl (C=O) groups excluding carboxylic acids is 1. The van der Waals surface area contributed by atoms with Crippen LogP contribution in [0.4, 0.5) is 0 Å². The lowest BCUT2D eigenvalue weighted by Gasteiger charge is -2.56. The van der Waals surface area contributed by atoms with Crippen LogP contribution in [0.1, 0.15) is 44.6 Å². The summed E-state index contributed by atoms with van der Waals surface area (Å²) < 4.78 is 5.79. The number of carbonyl (C=O) groups is 1. The zero-order valence-electron chi connectivity index (χ0n) is 14.6. The second kappa shape index (κ2) is 7.66. The van der Waals surface area contributed by atoms with Gasteiger partial charge in [0.25, 0.3) is 0 Å². The first-order valence-corrected chi connectivity index (χ1v) is 9.27. The molecule has 1 saturated heterocycles. The minimum Gasteiger partial charge on any atom is -0.392 e. The van der Waals surface area contributed by atoms with Crippen LogP contribution in [0.15, 0.2) is 30.3 Å². The molecule has 1 N–H and O–H groups in total. The monoisotopic (exact) mass is 331 g/mol. The van der Waals surface area contributed by atoms with Crippen LogP contribution in [0.5, 0.6) is 0 Å². The minimum absolute atomic E-state index is 0.100. The lowest BCUT2D eigenvalue weighted by Crippen LogP contribution is -2.62. The third kappa shape index (κ3) is 3.50. The van der Waals surface area contributed by atoms with E-state index in [1.807, 2.05) is 30.0 Å². The standard InChI is InChI=1S/C20H29NO3/c1-2-24-18-15-17(22)20(18)11-13-21(14-12-20)19(23)10-6-9-16-7-4-3-5-8-16/h3-5,7-8,17-18,22H,2,6,9-15H2,1H3/t17-,18+/m1/s1. The average molecular weight is 331 g/mol. The third-order valence-corrected chi connectivity index (χ3v) is 5.86. The Kier molecular flexibility index (Phi) is 5.57. The molecule has 1 aliphatic heterocycles. The summed E-state index contributed by atoms with van der Waals surface area (Å²) in [5.74, 6) is 0.252. The van der Waals surface area contributed by atoms with Crippen molar-refractivity contribution in [2.45, 2.75) is 57.7 Å². The molecule has 4 nitrogen and oxygen atoms in total. The van der Waals surface area contributed by atoms with Gasteiger partial charge in [-0.3, -0.25) is 4.79 Å². The first-order valence-electron chi connectivity index (χ1n) is 9.27. The lowest BCUT2D eigenvalue weighted by molar-refractivity contribution is -0.210. The van der Waals surface area contributed by atoms with Gasteiger partial charge in [-0.25, -0.2) is 0 Å². The van der Waals surface area contributed by atoms with Gasteiger partial charge in [-0.1, -0.05) is 30.3 Å². The number of ether oxygens (including phenoxy) is 1. The molecule has 1 saturated carbocycles. The molecule has 1 aromatic rings. The van der Waals surface area contributed by atoms with E-state index in [1.165, 1.54) is 5.56 Å². The maximum absolute atomic E-state index is 12.4. The van der Waals surface area contributed by atoms with Crippen molar-refractivity contribution < 1.29 is 14.6 Å². The first-order chi connectivity index (χ1) is 11.7. The Hall–Kier alpha value is -1.39. The van der Waals surface area contributed by atoms with E-state index in [-0.39, 0.29) is 23.5 Å². The average Bonchev–Trinajstić information content (AvgIpc) is 2.62. The van der Waals surface area contributed by atoms with Gasteiger partial charge in [-0.15, -0.1) is 0 Å². The molecule has 1 amide bonds. The van der Waals surface area contributed by atoms with E-state index in [9.17, 15) is 9.90 Å². The number of aliphatic hydroxyl groups excluding tert-OH is 1. The predicted octanol–water partition coefficient (Wildman–Crippen LogP) is 2.79. The van der Waals surface area contributed by atoms with E-state index < -0.39 is 0 Å². The Balaban J connectivity index is 1.43. The van der Waals surface area contributed by atoms with Crippen LogP contribution >= 0.6 is 0 Å². The van der Waals surface area contributed by atoms with E-state index in [0.717, 1.165) is 45.2 Å². The van der Waals surface area contributed by atoms with Gasteiger partial charge >= 0.3 is 0 Å². The van der Waals surface area contributed by atoms with Gasteiger partial charge in [0.1, 0.15) is 0 Å². The number of hydrogen-bond acceptors (Lipinski definition) is 3. The summed E-state index contributed by atoms with van der Waals surface area (Å²) in [6.45, 7) is 4.21. The molecule has 0 bridgehead atoms. The number of amides is 1. The molecule has 0 radical (unpaired) electrons. The lowest BCUT2D eigenvalue weighted by atomic mass is 9.58. The zero-order valence-corrected chi connectivity index (χ0v) is 14.6. The number of hydrogen-bond donors (Lipinski definition) is 1. The molecule has 1 aromatic carbocycles. The van der Waals surface area contributed by atoms with Crippen molar-refractivity contribution in [2.24, 2.45) is 5.41 Å². The summed E-state index contributed by atoms with van der Waals surface area (Å²) in [5, 5.41) is 10.2. The highest BCUT2D eigenvalue weighted by molar-refractivity contribution is 5.76. The fraction of sp³-hybridized carbons (Fsp3) is 0.650. The fourth-order valence-electron chi connectivity index (χ4n) is 4.24. The molecule has 3 rings (SSSR count). The third-order valence-electron chi connectivity index (χ3n) is 5.86. The fourth-order valence-corrected chi connectivity index (χ4v) is 4.24. The molecule has 0 unspecified atom stereocenters. The van der Waals surface area contributed by atoms with E-state index in [1.54, 1.807) is 0 Å². The Morgan fingerprint density at radius 1 is 1.29 bits per heavy atom. The molecular weight excluding hydrogens is 302 g/mol. The van der Waals surface area contributed by atoms with Crippen molar-refractivity contribution in [3.05, 3.63) is 35.9 Å². The summed E-state index contributed by atoms with van der Waals surface area (Å²) in [7, 11) is 0. The normalized spacial score (nSPS) is 25.5. The number of aryl methyl sites for hydroxylation is 1. The second-order valence-corrected chi connectivity index (χ2v) is 7.15. The van der Waals surface area contributed by atoms with E-state index in [4.69, 9.17) is 4.74 Å². The zero-order chi connectivity index (χ0) is 17.0. The molecule has 2 atom stereocenters. The highest BCUT2D eigenvalue weighted by Crippen LogP contribution is 2.50. The summed E-state index contributed by atoms with van der Waals surface area (Å²) >= 11 is 0. The van der Waals surface area contributed by atoms with Crippen LogP contribution in [0.2, 0.25) is 0 Å². The molecule has 4 heteroatoms. The van der Waals surface area contributed by atoms with Gasteiger partial charge in [-0.2, -0.15) is 0 Å². The summed E-state index contributed by atoms with van der Waals surface area (Å²) in [6, 6.07) is 10.3. The van der Waals surface area contributed by atoms with Crippen molar-refractivity contribution in [1.82, 2.24) is 4.90 Å². The van der Waals surface area contributed by atoms with E-state index >= 15 is 0 Å². The number of piperidine rings is 1. The molecule has 1 aliphatic carbocycles. The van der Waals surface area contributed by atoms with Crippen molar-refractivity contribution in [3.63, 3.8) is 0 Å². The van der Waals surface area contributed by atoms with Gasteiger partial charge in [0, 0.05) is 38.0 Å². The Morgan fingerprint density at radius 2 is 2.00 bits per heavy atom. The van der Waals surface area contributed by atoms with Gasteiger partial charge in [0.15, 0.2) is 0 Å². The summed E-state index contributed by atoms with van der Waals surface area (Å²) in [5.41, 5.74) is 1.19. The van der Waals surface area contributed by atoms with E-state index in [2.05, 4.69) is 12.1 Å². The highest BCUT2D eigenvalue weighted by Gasteiger charge is 2.56. The van der Waals surface area contributed by atoms with Crippen LogP contribution in [0.25, 0.3) is 0 Å². The van der Waals surface area contributed by atoms with E-state index in [0.29, 0.717) is 13.0 Å². The first kappa shape index (κ1) is 17.4. The molecular formula is C20H29NO3. The predicted molar refractivity (Wildman–Crippen MR) is 93.7 cm³/mol. The Bertz CT molecular complexity index is 535. The minimum atomic E-state index is -0.260. The van der Waals surface area contributed by atoms with Crippen molar-refractivity contribution in [3.8, 4) is 0 Å². The number of benzene rings is 1. The molecule has 2 fully saturated rings. The second-order valence-electron chi connectivity index (χ2n) is 7.15. The molecule has 2 aliphatic rings. The van der Waals surface area contributed by atoms with Gasteiger partial charge in [0.05, 0.1) is 12.2 Å². The largest absolute Gasteiger partial charge is 0.392 e. The van der Waals surface area contributed by atoms with Crippen molar-refractivity contribution >= 4 is 5.91 Å². The maximum Gasteiger partial charge on any atom is 0.222 e. The quantitative estimate of drug-likeness (QED) is 0.872. The molecule has 132 valence electrons. The summed E-state index contributed by atoms with van der Waals surface area (Å²) in [6.07, 6.45) is 4.85. The topological polar surface area (TPSA) is 49.8 Å². The number of nitrogens with zero attached hydrogens (tertiary/aromatic N) is 1. The SMILES string of the molecule is CCO[C@H]1C[C@@H](O)C12CCN(C(=O)CCCc1ccccc1)CC2. The highest BCUT2D eigenvalue weighted by atomic mass is 16.5. The maximum atomic E-state index is 12.4. The summed E-state index contributed by atoms with van der Waals surface area (Å²) in [4.78, 5) is 14.4. The molecule has 0 aromatic heterocycles. The van der Waals surface area contributed by atoms with Gasteiger partial charge in [-0.05, 0) is 38.2 Å². The smallest absolute Gasteiger partial charge is 0.222 e. The molecule has 24 heavy (non-hydrogen) atoms. The van der Waals surface area contributed by atoms with Crippen LogP contribution in [0.3, 0.4) is 0 Å². The Labute approximate surface area is 144 Å². The number of rotatable bonds is 6. The Morgan fingerprint density at radius 3 is 2.62 bits per heavy atom. The molecule has 1 heterocycles. The van der Waals surface area contributed by atoms with Crippen LogP contribution in [-0.2, 0) is 16.0 Å². The van der Waals surface area contributed by atoms with Gasteiger partial charge < -0.3 is 14.7 Å². The number of likely N-dealkylation sites (tertiary alicyclic amines) is 1. The van der Waals surface area contributed by atoms with Crippen molar-refractivity contribution in [1.29, 1.82) is 0 Å². The van der Waals surface area contributed by atoms with Crippen molar-refractivity contribution in [2.75, 3.05) is 19.7 Å². The number of aliphatic hydroxyl groups is 1.